The van der Waals surface area contributed by atoms with Crippen molar-refractivity contribution in [1.82, 2.24) is 4.72 Å². The molecule has 0 heterocycles. The Kier molecular flexibility index (Phi) is 6.06. The molecule has 1 rings (SSSR count). The van der Waals surface area contributed by atoms with E-state index < -0.39 is 32.6 Å². The summed E-state index contributed by atoms with van der Waals surface area (Å²) in [6, 6.07) is 0.903. The number of nitrogens with one attached hydrogen (secondary N) is 1. The van der Waals surface area contributed by atoms with Crippen LogP contribution in [-0.2, 0) is 10.0 Å². The summed E-state index contributed by atoms with van der Waals surface area (Å²) in [5, 5.41) is 0. The first-order valence-corrected chi connectivity index (χ1v) is 8.32. The Labute approximate surface area is 125 Å². The molecule has 0 spiro atoms. The lowest BCUT2D eigenvalue weighted by Gasteiger charge is -2.19. The van der Waals surface area contributed by atoms with Crippen molar-refractivity contribution in [2.45, 2.75) is 31.2 Å². The molecule has 20 heavy (non-hydrogen) atoms. The van der Waals surface area contributed by atoms with E-state index in [2.05, 4.69) is 20.7 Å². The molecule has 0 bridgehead atoms. The molecule has 0 saturated carbocycles. The maximum absolute atomic E-state index is 13.7. The third-order valence-corrected chi connectivity index (χ3v) is 4.77. The van der Waals surface area contributed by atoms with E-state index in [9.17, 15) is 17.2 Å². The highest BCUT2D eigenvalue weighted by Crippen LogP contribution is 2.23. The molecule has 0 aromatic heterocycles. The predicted octanol–water partition coefficient (Wildman–Crippen LogP) is 2.38. The van der Waals surface area contributed by atoms with Gasteiger partial charge in [0.05, 0.1) is 4.47 Å². The van der Waals surface area contributed by atoms with Gasteiger partial charge in [0, 0.05) is 12.6 Å². The molecule has 8 heteroatoms. The minimum Gasteiger partial charge on any atom is -0.329 e. The van der Waals surface area contributed by atoms with Crippen molar-refractivity contribution in [1.29, 1.82) is 0 Å². The molecular weight excluding hydrogens is 354 g/mol. The van der Waals surface area contributed by atoms with Crippen molar-refractivity contribution in [3.8, 4) is 0 Å². The van der Waals surface area contributed by atoms with Crippen LogP contribution in [0.5, 0.6) is 0 Å². The summed E-state index contributed by atoms with van der Waals surface area (Å²) in [5.74, 6) is -1.65. The fourth-order valence-corrected chi connectivity index (χ4v) is 3.40. The molecule has 0 aliphatic carbocycles. The Hall–Kier alpha value is -0.570. The molecule has 0 saturated heterocycles. The van der Waals surface area contributed by atoms with Crippen LogP contribution in [0.4, 0.5) is 8.78 Å². The quantitative estimate of drug-likeness (QED) is 0.755. The van der Waals surface area contributed by atoms with Crippen molar-refractivity contribution >= 4 is 26.0 Å². The molecule has 1 atom stereocenters. The summed E-state index contributed by atoms with van der Waals surface area (Å²) < 4.78 is 53.4. The highest BCUT2D eigenvalue weighted by atomic mass is 79.9. The van der Waals surface area contributed by atoms with E-state index in [1.165, 1.54) is 0 Å². The van der Waals surface area contributed by atoms with Gasteiger partial charge in [0.25, 0.3) is 0 Å². The largest absolute Gasteiger partial charge is 0.329 e. The lowest BCUT2D eigenvalue weighted by molar-refractivity contribution is 0.462. The highest BCUT2D eigenvalue weighted by molar-refractivity contribution is 9.10. The van der Waals surface area contributed by atoms with Gasteiger partial charge in [-0.25, -0.2) is 21.9 Å². The summed E-state index contributed by atoms with van der Waals surface area (Å²) in [7, 11) is -4.15. The van der Waals surface area contributed by atoms with E-state index in [1.807, 2.05) is 13.8 Å². The van der Waals surface area contributed by atoms with Gasteiger partial charge in [-0.15, -0.1) is 0 Å². The maximum atomic E-state index is 13.7. The Bertz CT molecular complexity index is 579. The second-order valence-corrected chi connectivity index (χ2v) is 7.42. The average molecular weight is 371 g/mol. The third kappa shape index (κ3) is 4.47. The number of sulfonamides is 1. The number of hydrogen-bond acceptors (Lipinski definition) is 3. The molecule has 0 fully saturated rings. The van der Waals surface area contributed by atoms with Gasteiger partial charge in [0.2, 0.25) is 10.0 Å². The van der Waals surface area contributed by atoms with Gasteiger partial charge in [-0.1, -0.05) is 13.8 Å². The SMILES string of the molecule is CC(C)CC(CN)NS(=O)(=O)c1cc(F)c(Br)cc1F. The van der Waals surface area contributed by atoms with Gasteiger partial charge in [-0.3, -0.25) is 0 Å². The van der Waals surface area contributed by atoms with Crippen LogP contribution in [-0.4, -0.2) is 21.0 Å². The topological polar surface area (TPSA) is 72.2 Å². The zero-order valence-electron chi connectivity index (χ0n) is 11.2. The molecule has 4 nitrogen and oxygen atoms in total. The van der Waals surface area contributed by atoms with Gasteiger partial charge in [-0.2, -0.15) is 0 Å². The molecule has 0 radical (unpaired) electrons. The van der Waals surface area contributed by atoms with Crippen LogP contribution >= 0.6 is 15.9 Å². The van der Waals surface area contributed by atoms with Crippen molar-refractivity contribution in [3.63, 3.8) is 0 Å². The maximum Gasteiger partial charge on any atom is 0.243 e. The van der Waals surface area contributed by atoms with Crippen molar-refractivity contribution in [3.05, 3.63) is 28.2 Å². The molecule has 0 aliphatic rings. The molecule has 3 N–H and O–H groups in total. The number of hydrogen-bond donors (Lipinski definition) is 2. The van der Waals surface area contributed by atoms with E-state index in [0.717, 1.165) is 6.07 Å². The van der Waals surface area contributed by atoms with E-state index >= 15 is 0 Å². The van der Waals surface area contributed by atoms with Crippen LogP contribution in [0.25, 0.3) is 0 Å². The normalized spacial score (nSPS) is 13.8. The molecule has 1 unspecified atom stereocenters. The van der Waals surface area contributed by atoms with Crippen LogP contribution < -0.4 is 10.5 Å². The number of rotatable bonds is 6. The van der Waals surface area contributed by atoms with Gasteiger partial charge >= 0.3 is 0 Å². The van der Waals surface area contributed by atoms with Crippen molar-refractivity contribution in [2.75, 3.05) is 6.54 Å². The second-order valence-electron chi connectivity index (χ2n) is 4.88. The molecule has 1 aromatic rings. The highest BCUT2D eigenvalue weighted by Gasteiger charge is 2.24. The van der Waals surface area contributed by atoms with Crippen LogP contribution in [0.1, 0.15) is 20.3 Å². The van der Waals surface area contributed by atoms with Gasteiger partial charge < -0.3 is 5.73 Å². The molecule has 114 valence electrons. The first-order valence-electron chi connectivity index (χ1n) is 6.04. The Morgan fingerprint density at radius 2 is 1.90 bits per heavy atom. The first-order chi connectivity index (χ1) is 9.17. The summed E-state index contributed by atoms with van der Waals surface area (Å²) in [5.41, 5.74) is 5.50. The van der Waals surface area contributed by atoms with E-state index in [-0.39, 0.29) is 16.9 Å². The van der Waals surface area contributed by atoms with E-state index in [1.54, 1.807) is 0 Å². The molecule has 0 amide bonds. The van der Waals surface area contributed by atoms with E-state index in [4.69, 9.17) is 5.73 Å². The lowest BCUT2D eigenvalue weighted by Crippen LogP contribution is -2.41. The van der Waals surface area contributed by atoms with Gasteiger partial charge in [0.1, 0.15) is 16.5 Å². The monoisotopic (exact) mass is 370 g/mol. The number of halogens is 3. The van der Waals surface area contributed by atoms with E-state index in [0.29, 0.717) is 12.5 Å². The Balaban J connectivity index is 3.08. The number of benzene rings is 1. The molecular formula is C12H17BrF2N2O2S. The summed E-state index contributed by atoms with van der Waals surface area (Å²) in [6.07, 6.45) is 0.510. The van der Waals surface area contributed by atoms with Crippen LogP contribution in [0.15, 0.2) is 21.5 Å². The van der Waals surface area contributed by atoms with Gasteiger partial charge in [0.15, 0.2) is 0 Å². The molecule has 0 aliphatic heterocycles. The molecule has 1 aromatic carbocycles. The van der Waals surface area contributed by atoms with Crippen molar-refractivity contribution < 1.29 is 17.2 Å². The second kappa shape index (κ2) is 6.93. The van der Waals surface area contributed by atoms with Gasteiger partial charge in [-0.05, 0) is 40.4 Å². The number of nitrogens with two attached hydrogens (primary N) is 1. The zero-order chi connectivity index (χ0) is 15.5. The van der Waals surface area contributed by atoms with Crippen molar-refractivity contribution in [2.24, 2.45) is 11.7 Å². The zero-order valence-corrected chi connectivity index (χ0v) is 13.6. The summed E-state index contributed by atoms with van der Waals surface area (Å²) >= 11 is 2.79. The average Bonchev–Trinajstić information content (AvgIpc) is 2.31. The van der Waals surface area contributed by atoms with Crippen LogP contribution in [0, 0.1) is 17.6 Å². The third-order valence-electron chi connectivity index (χ3n) is 2.63. The predicted molar refractivity (Wildman–Crippen MR) is 76.7 cm³/mol. The standard InChI is InChI=1S/C12H17BrF2N2O2S/c1-7(2)3-8(6-16)17-20(18,19)12-5-10(14)9(13)4-11(12)15/h4-5,7-8,17H,3,6,16H2,1-2H3. The Morgan fingerprint density at radius 1 is 1.30 bits per heavy atom. The Morgan fingerprint density at radius 3 is 2.40 bits per heavy atom. The minimum absolute atomic E-state index is 0.0814. The fourth-order valence-electron chi connectivity index (χ4n) is 1.75. The van der Waals surface area contributed by atoms with Crippen LogP contribution in [0.3, 0.4) is 0 Å². The minimum atomic E-state index is -4.15. The first kappa shape index (κ1) is 17.5. The van der Waals surface area contributed by atoms with Crippen LogP contribution in [0.2, 0.25) is 0 Å². The smallest absolute Gasteiger partial charge is 0.243 e. The summed E-state index contributed by atoms with van der Waals surface area (Å²) in [6.45, 7) is 3.91. The lowest BCUT2D eigenvalue weighted by atomic mass is 10.1. The summed E-state index contributed by atoms with van der Waals surface area (Å²) in [4.78, 5) is -0.722. The fraction of sp³-hybridized carbons (Fsp3) is 0.500.